The van der Waals surface area contributed by atoms with Crippen LogP contribution < -0.4 is 5.32 Å². The second-order valence-electron chi connectivity index (χ2n) is 5.80. The Morgan fingerprint density at radius 3 is 2.84 bits per heavy atom. The molecule has 2 heterocycles. The maximum atomic E-state index is 4.55. The molecule has 19 heavy (non-hydrogen) atoms. The second-order valence-corrected chi connectivity index (χ2v) is 6.75. The van der Waals surface area contributed by atoms with Gasteiger partial charge in [0.1, 0.15) is 0 Å². The van der Waals surface area contributed by atoms with Crippen molar-refractivity contribution in [1.82, 2.24) is 10.2 Å². The molecule has 0 aromatic carbocycles. The van der Waals surface area contributed by atoms with Gasteiger partial charge in [0.15, 0.2) is 5.96 Å². The quantitative estimate of drug-likeness (QED) is 0.920. The summed E-state index contributed by atoms with van der Waals surface area (Å²) in [6.07, 6.45) is 6.76. The maximum Gasteiger partial charge on any atom is 0.193 e. The molecule has 3 rings (SSSR count). The lowest BCUT2D eigenvalue weighted by Gasteiger charge is -2.37. The van der Waals surface area contributed by atoms with Gasteiger partial charge in [-0.25, -0.2) is 0 Å². The molecule has 0 saturated heterocycles. The van der Waals surface area contributed by atoms with Gasteiger partial charge < -0.3 is 10.2 Å². The highest BCUT2D eigenvalue weighted by Crippen LogP contribution is 2.41. The lowest BCUT2D eigenvalue weighted by Crippen LogP contribution is -2.45. The average molecular weight is 277 g/mol. The standard InChI is InChI=1S/C15H23N3S/c1-18-10-9-16-14(18)17-12-15(7-3-2-4-8-15)13-6-5-11-19-13/h5-6,11H,2-4,7-10,12H2,1H3,(H,16,17). The normalized spacial score (nSPS) is 22.4. The van der Waals surface area contributed by atoms with E-state index in [0.717, 1.165) is 25.6 Å². The predicted molar refractivity (Wildman–Crippen MR) is 82.0 cm³/mol. The summed E-state index contributed by atoms with van der Waals surface area (Å²) in [6.45, 7) is 3.02. The van der Waals surface area contributed by atoms with Crippen LogP contribution in [-0.2, 0) is 5.41 Å². The number of guanidine groups is 1. The van der Waals surface area contributed by atoms with E-state index < -0.39 is 0 Å². The van der Waals surface area contributed by atoms with Crippen LogP contribution in [0.25, 0.3) is 0 Å². The maximum absolute atomic E-state index is 4.55. The van der Waals surface area contributed by atoms with Gasteiger partial charge in [0, 0.05) is 30.4 Å². The van der Waals surface area contributed by atoms with Crippen molar-refractivity contribution in [2.45, 2.75) is 37.5 Å². The molecular formula is C15H23N3S. The Labute approximate surface area is 119 Å². The lowest BCUT2D eigenvalue weighted by molar-refractivity contribution is 0.294. The summed E-state index contributed by atoms with van der Waals surface area (Å²) in [5, 5.41) is 5.83. The van der Waals surface area contributed by atoms with E-state index in [1.807, 2.05) is 11.3 Å². The van der Waals surface area contributed by atoms with Gasteiger partial charge in [-0.15, -0.1) is 11.3 Å². The first kappa shape index (κ1) is 13.0. The Morgan fingerprint density at radius 2 is 2.21 bits per heavy atom. The number of aliphatic imine (C=N–C) groups is 1. The molecular weight excluding hydrogens is 254 g/mol. The van der Waals surface area contributed by atoms with Crippen molar-refractivity contribution >= 4 is 17.3 Å². The second kappa shape index (κ2) is 5.53. The van der Waals surface area contributed by atoms with Crippen molar-refractivity contribution in [3.63, 3.8) is 0 Å². The van der Waals surface area contributed by atoms with E-state index in [2.05, 4.69) is 39.8 Å². The van der Waals surface area contributed by atoms with E-state index >= 15 is 0 Å². The SMILES string of the molecule is CN1CCN=C1NCC1(c2cccs2)CCCCC1. The van der Waals surface area contributed by atoms with Crippen LogP contribution in [0.1, 0.15) is 37.0 Å². The van der Waals surface area contributed by atoms with Gasteiger partial charge in [-0.2, -0.15) is 0 Å². The third-order valence-electron chi connectivity index (χ3n) is 4.50. The molecule has 1 aliphatic carbocycles. The molecule has 0 radical (unpaired) electrons. The first-order valence-corrected chi connectivity index (χ1v) is 8.22. The van der Waals surface area contributed by atoms with Gasteiger partial charge in [-0.3, -0.25) is 4.99 Å². The number of rotatable bonds is 3. The van der Waals surface area contributed by atoms with Crippen LogP contribution in [0.5, 0.6) is 0 Å². The molecule has 104 valence electrons. The highest BCUT2D eigenvalue weighted by atomic mass is 32.1. The van der Waals surface area contributed by atoms with Crippen LogP contribution in [0.2, 0.25) is 0 Å². The number of nitrogens with zero attached hydrogens (tertiary/aromatic N) is 2. The molecule has 0 atom stereocenters. The summed E-state index contributed by atoms with van der Waals surface area (Å²) in [4.78, 5) is 8.33. The van der Waals surface area contributed by atoms with Gasteiger partial charge in [-0.1, -0.05) is 25.3 Å². The zero-order chi connectivity index (χ0) is 13.1. The van der Waals surface area contributed by atoms with Gasteiger partial charge in [0.2, 0.25) is 0 Å². The van der Waals surface area contributed by atoms with E-state index in [9.17, 15) is 0 Å². The highest BCUT2D eigenvalue weighted by molar-refractivity contribution is 7.10. The molecule has 1 aliphatic heterocycles. The van der Waals surface area contributed by atoms with Gasteiger partial charge in [0.05, 0.1) is 6.54 Å². The third-order valence-corrected chi connectivity index (χ3v) is 5.61. The zero-order valence-electron chi connectivity index (χ0n) is 11.7. The van der Waals surface area contributed by atoms with Crippen molar-refractivity contribution in [3.8, 4) is 0 Å². The third kappa shape index (κ3) is 2.64. The van der Waals surface area contributed by atoms with Crippen molar-refractivity contribution in [3.05, 3.63) is 22.4 Å². The van der Waals surface area contributed by atoms with Crippen LogP contribution in [0.3, 0.4) is 0 Å². The predicted octanol–water partition coefficient (Wildman–Crippen LogP) is 2.84. The molecule has 1 fully saturated rings. The molecule has 0 spiro atoms. The van der Waals surface area contributed by atoms with Crippen molar-refractivity contribution in [1.29, 1.82) is 0 Å². The van der Waals surface area contributed by atoms with E-state index in [0.29, 0.717) is 5.41 Å². The molecule has 1 aromatic rings. The molecule has 1 N–H and O–H groups in total. The number of nitrogens with one attached hydrogen (secondary N) is 1. The molecule has 1 aromatic heterocycles. The molecule has 0 amide bonds. The Bertz CT molecular complexity index is 432. The summed E-state index contributed by atoms with van der Waals surface area (Å²) in [5.41, 5.74) is 0.346. The van der Waals surface area contributed by atoms with Crippen molar-refractivity contribution in [2.75, 3.05) is 26.7 Å². The Morgan fingerprint density at radius 1 is 1.37 bits per heavy atom. The molecule has 4 heteroatoms. The molecule has 0 bridgehead atoms. The van der Waals surface area contributed by atoms with E-state index in [-0.39, 0.29) is 0 Å². The van der Waals surface area contributed by atoms with Gasteiger partial charge in [-0.05, 0) is 24.3 Å². The molecule has 2 aliphatic rings. The number of thiophene rings is 1. The average Bonchev–Trinajstić information content (AvgIpc) is 3.09. The van der Waals surface area contributed by atoms with E-state index in [4.69, 9.17) is 0 Å². The minimum absolute atomic E-state index is 0.346. The smallest absolute Gasteiger partial charge is 0.193 e. The fourth-order valence-corrected chi connectivity index (χ4v) is 4.28. The summed E-state index contributed by atoms with van der Waals surface area (Å²) in [6, 6.07) is 4.51. The minimum Gasteiger partial charge on any atom is -0.355 e. The Balaban J connectivity index is 1.73. The topological polar surface area (TPSA) is 27.6 Å². The lowest BCUT2D eigenvalue weighted by atomic mass is 9.73. The number of likely N-dealkylation sites (N-methyl/N-ethyl adjacent to an activating group) is 1. The van der Waals surface area contributed by atoms with E-state index in [1.165, 1.54) is 32.1 Å². The molecule has 1 saturated carbocycles. The van der Waals surface area contributed by atoms with Crippen molar-refractivity contribution in [2.24, 2.45) is 4.99 Å². The van der Waals surface area contributed by atoms with Gasteiger partial charge >= 0.3 is 0 Å². The van der Waals surface area contributed by atoms with Crippen LogP contribution in [0.15, 0.2) is 22.5 Å². The number of hydrogen-bond donors (Lipinski definition) is 1. The minimum atomic E-state index is 0.346. The van der Waals surface area contributed by atoms with Crippen LogP contribution in [0, 0.1) is 0 Å². The summed E-state index contributed by atoms with van der Waals surface area (Å²) in [7, 11) is 2.12. The molecule has 0 unspecified atom stereocenters. The van der Waals surface area contributed by atoms with Crippen LogP contribution >= 0.6 is 11.3 Å². The first-order valence-electron chi connectivity index (χ1n) is 7.34. The largest absolute Gasteiger partial charge is 0.355 e. The Hall–Kier alpha value is -1.03. The fraction of sp³-hybridized carbons (Fsp3) is 0.667. The summed E-state index contributed by atoms with van der Waals surface area (Å²) >= 11 is 1.92. The van der Waals surface area contributed by atoms with Crippen LogP contribution in [0.4, 0.5) is 0 Å². The van der Waals surface area contributed by atoms with E-state index in [1.54, 1.807) is 4.88 Å². The molecule has 3 nitrogen and oxygen atoms in total. The van der Waals surface area contributed by atoms with Crippen LogP contribution in [-0.4, -0.2) is 37.5 Å². The number of hydrogen-bond acceptors (Lipinski definition) is 4. The monoisotopic (exact) mass is 277 g/mol. The Kier molecular flexibility index (Phi) is 3.78. The highest BCUT2D eigenvalue weighted by Gasteiger charge is 2.35. The summed E-state index contributed by atoms with van der Waals surface area (Å²) < 4.78 is 0. The first-order chi connectivity index (χ1) is 9.30. The van der Waals surface area contributed by atoms with Crippen molar-refractivity contribution < 1.29 is 0 Å². The van der Waals surface area contributed by atoms with Gasteiger partial charge in [0.25, 0.3) is 0 Å². The summed E-state index contributed by atoms with van der Waals surface area (Å²) in [5.74, 6) is 1.08. The fourth-order valence-electron chi connectivity index (χ4n) is 3.29. The zero-order valence-corrected chi connectivity index (χ0v) is 12.5.